The molecular formula is C45H45IrN3-2. The molecule has 251 valence electrons. The Balaban J connectivity index is 0.000000189. The Hall–Kier alpha value is -4.24. The van der Waals surface area contributed by atoms with Crippen molar-refractivity contribution in [2.45, 2.75) is 74.1 Å². The number of hydrogen-bond donors (Lipinski definition) is 0. The third kappa shape index (κ3) is 7.67. The molecule has 0 saturated heterocycles. The number of fused-ring (bicyclic) bond motifs is 3. The minimum atomic E-state index is 0. The SMILES string of the molecule is Cc1ccn[c-]c1-c1cc2c(cn1)C(C)(C)c1ccccc1-2.Cc1cnc(-c2[c-]cc(C)c(-c3ccc(CC(C)(C)C)cc3)c2)cc1C.[Ir]. The minimum Gasteiger partial charge on any atom is -0.360 e. The zero-order chi connectivity index (χ0) is 34.2. The summed E-state index contributed by atoms with van der Waals surface area (Å²) >= 11 is 0. The van der Waals surface area contributed by atoms with Crippen LogP contribution in [0.4, 0.5) is 0 Å². The first-order valence-corrected chi connectivity index (χ1v) is 16.8. The van der Waals surface area contributed by atoms with Crippen molar-refractivity contribution in [3.63, 3.8) is 0 Å². The molecule has 0 spiro atoms. The molecule has 3 heterocycles. The van der Waals surface area contributed by atoms with Gasteiger partial charge in [-0.2, -0.15) is 0 Å². The van der Waals surface area contributed by atoms with Gasteiger partial charge in [-0.1, -0.05) is 126 Å². The van der Waals surface area contributed by atoms with Crippen LogP contribution in [0, 0.1) is 45.4 Å². The van der Waals surface area contributed by atoms with Crippen LogP contribution in [0.3, 0.4) is 0 Å². The van der Waals surface area contributed by atoms with Gasteiger partial charge in [0.25, 0.3) is 0 Å². The smallest absolute Gasteiger partial charge is 0.0207 e. The average molecular weight is 820 g/mol. The standard InChI is InChI=1S/C25H28N.C20H17N2.Ir/c1-17-7-10-22(24-13-18(2)19(3)16-26-24)14-23(17)21-11-8-20(9-12-21)15-25(4,5)6;1-13-8-9-21-11-16(13)19-10-15-14-6-4-5-7-17(14)20(2,3)18(15)12-22-19;/h7-9,11-14,16H,15H2,1-6H3;4-10,12H,1-3H3;/q2*-1;. The van der Waals surface area contributed by atoms with E-state index in [0.29, 0.717) is 5.41 Å². The van der Waals surface area contributed by atoms with E-state index in [0.717, 1.165) is 34.5 Å². The molecule has 0 fully saturated rings. The molecular weight excluding hydrogens is 775 g/mol. The van der Waals surface area contributed by atoms with Crippen LogP contribution in [0.5, 0.6) is 0 Å². The van der Waals surface area contributed by atoms with Crippen LogP contribution in [-0.4, -0.2) is 15.0 Å². The Morgan fingerprint density at radius 2 is 1.39 bits per heavy atom. The van der Waals surface area contributed by atoms with E-state index in [2.05, 4.69) is 162 Å². The number of aromatic nitrogens is 3. The first kappa shape index (κ1) is 36.1. The van der Waals surface area contributed by atoms with Crippen molar-refractivity contribution in [1.29, 1.82) is 0 Å². The van der Waals surface area contributed by atoms with Crippen LogP contribution in [0.15, 0.2) is 97.5 Å². The molecule has 0 aliphatic heterocycles. The normalized spacial score (nSPS) is 12.7. The fraction of sp³-hybridized carbons (Fsp3) is 0.267. The summed E-state index contributed by atoms with van der Waals surface area (Å²) in [6, 6.07) is 31.6. The van der Waals surface area contributed by atoms with Gasteiger partial charge in [-0.3, -0.25) is 0 Å². The topological polar surface area (TPSA) is 38.7 Å². The molecule has 7 rings (SSSR count). The molecule has 1 radical (unpaired) electrons. The van der Waals surface area contributed by atoms with Gasteiger partial charge in [0.1, 0.15) is 0 Å². The molecule has 4 heteroatoms. The van der Waals surface area contributed by atoms with Gasteiger partial charge < -0.3 is 15.0 Å². The zero-order valence-electron chi connectivity index (χ0n) is 30.1. The van der Waals surface area contributed by atoms with E-state index in [1.807, 2.05) is 18.5 Å². The Morgan fingerprint density at radius 3 is 2.08 bits per heavy atom. The summed E-state index contributed by atoms with van der Waals surface area (Å²) in [5, 5.41) is 0. The Labute approximate surface area is 306 Å². The first-order valence-electron chi connectivity index (χ1n) is 16.8. The van der Waals surface area contributed by atoms with E-state index in [9.17, 15) is 0 Å². The molecule has 0 unspecified atom stereocenters. The largest absolute Gasteiger partial charge is 0.360 e. The molecule has 1 aliphatic carbocycles. The van der Waals surface area contributed by atoms with Gasteiger partial charge in [0.2, 0.25) is 0 Å². The van der Waals surface area contributed by atoms with Crippen molar-refractivity contribution in [3.05, 3.63) is 149 Å². The Bertz CT molecular complexity index is 2100. The van der Waals surface area contributed by atoms with Gasteiger partial charge in [0.15, 0.2) is 0 Å². The van der Waals surface area contributed by atoms with Crippen molar-refractivity contribution in [2.75, 3.05) is 0 Å². The first-order chi connectivity index (χ1) is 22.8. The predicted octanol–water partition coefficient (Wildman–Crippen LogP) is 11.3. The van der Waals surface area contributed by atoms with Crippen LogP contribution in [0.1, 0.15) is 73.6 Å². The molecule has 6 aromatic rings. The fourth-order valence-corrected chi connectivity index (χ4v) is 6.61. The van der Waals surface area contributed by atoms with Gasteiger partial charge in [0.05, 0.1) is 0 Å². The molecule has 0 atom stereocenters. The summed E-state index contributed by atoms with van der Waals surface area (Å²) in [7, 11) is 0. The second-order valence-corrected chi connectivity index (χ2v) is 14.9. The number of hydrogen-bond acceptors (Lipinski definition) is 3. The summed E-state index contributed by atoms with van der Waals surface area (Å²) in [6.07, 6.45) is 9.90. The monoisotopic (exact) mass is 820 g/mol. The van der Waals surface area contributed by atoms with E-state index < -0.39 is 0 Å². The zero-order valence-corrected chi connectivity index (χ0v) is 32.5. The quantitative estimate of drug-likeness (QED) is 0.166. The fourth-order valence-electron chi connectivity index (χ4n) is 6.61. The van der Waals surface area contributed by atoms with Crippen molar-refractivity contribution in [2.24, 2.45) is 5.41 Å². The molecule has 3 nitrogen and oxygen atoms in total. The van der Waals surface area contributed by atoms with Crippen molar-refractivity contribution < 1.29 is 20.1 Å². The van der Waals surface area contributed by atoms with Crippen LogP contribution in [0.25, 0.3) is 44.8 Å². The molecule has 49 heavy (non-hydrogen) atoms. The van der Waals surface area contributed by atoms with E-state index >= 15 is 0 Å². The number of benzene rings is 3. The molecule has 0 saturated carbocycles. The van der Waals surface area contributed by atoms with Crippen molar-refractivity contribution in [3.8, 4) is 44.8 Å². The summed E-state index contributed by atoms with van der Waals surface area (Å²) in [5.74, 6) is 0. The maximum absolute atomic E-state index is 4.69. The molecule has 1 aliphatic rings. The maximum Gasteiger partial charge on any atom is 0.0207 e. The van der Waals surface area contributed by atoms with Crippen LogP contribution >= 0.6 is 0 Å². The van der Waals surface area contributed by atoms with Gasteiger partial charge in [-0.25, -0.2) is 0 Å². The second kappa shape index (κ2) is 14.3. The van der Waals surface area contributed by atoms with E-state index in [4.69, 9.17) is 0 Å². The number of nitrogens with zero attached hydrogens (tertiary/aromatic N) is 3. The van der Waals surface area contributed by atoms with Gasteiger partial charge in [-0.05, 0) is 82.2 Å². The van der Waals surface area contributed by atoms with Crippen molar-refractivity contribution >= 4 is 0 Å². The molecule has 3 aromatic heterocycles. The third-order valence-electron chi connectivity index (χ3n) is 9.50. The maximum atomic E-state index is 4.69. The summed E-state index contributed by atoms with van der Waals surface area (Å²) in [4.78, 5) is 13.4. The molecule has 0 amide bonds. The summed E-state index contributed by atoms with van der Waals surface area (Å²) in [6.45, 7) is 19.8. The Morgan fingerprint density at radius 1 is 0.673 bits per heavy atom. The second-order valence-electron chi connectivity index (χ2n) is 14.9. The molecule has 0 N–H and O–H groups in total. The average Bonchev–Trinajstić information content (AvgIpc) is 3.29. The predicted molar refractivity (Wildman–Crippen MR) is 200 cm³/mol. The minimum absolute atomic E-state index is 0. The molecule has 3 aromatic carbocycles. The third-order valence-corrected chi connectivity index (χ3v) is 9.50. The van der Waals surface area contributed by atoms with Gasteiger partial charge >= 0.3 is 0 Å². The van der Waals surface area contributed by atoms with E-state index in [1.165, 1.54) is 55.6 Å². The molecule has 0 bridgehead atoms. The van der Waals surface area contributed by atoms with Crippen molar-refractivity contribution in [1.82, 2.24) is 15.0 Å². The van der Waals surface area contributed by atoms with E-state index in [1.54, 1.807) is 6.20 Å². The van der Waals surface area contributed by atoms with Gasteiger partial charge in [-0.15, -0.1) is 46.5 Å². The number of pyridine rings is 3. The number of rotatable bonds is 4. The van der Waals surface area contributed by atoms with E-state index in [-0.39, 0.29) is 25.5 Å². The summed E-state index contributed by atoms with van der Waals surface area (Å²) < 4.78 is 0. The Kier molecular flexibility index (Phi) is 10.5. The van der Waals surface area contributed by atoms with Crippen LogP contribution in [-0.2, 0) is 31.9 Å². The van der Waals surface area contributed by atoms with Crippen LogP contribution in [0.2, 0.25) is 0 Å². The van der Waals surface area contributed by atoms with Crippen LogP contribution < -0.4 is 0 Å². The number of aryl methyl sites for hydroxylation is 4. The summed E-state index contributed by atoms with van der Waals surface area (Å²) in [5.41, 5.74) is 18.3. The van der Waals surface area contributed by atoms with Gasteiger partial charge in [0, 0.05) is 37.9 Å².